The van der Waals surface area contributed by atoms with E-state index in [0.717, 1.165) is 0 Å². The van der Waals surface area contributed by atoms with E-state index in [-0.39, 0.29) is 0 Å². The molecule has 3 nitrogen and oxygen atoms in total. The van der Waals surface area contributed by atoms with Gasteiger partial charge in [-0.1, -0.05) is 0 Å². The van der Waals surface area contributed by atoms with Crippen LogP contribution >= 0.6 is 0 Å². The lowest BCUT2D eigenvalue weighted by atomic mass is 10.3. The van der Waals surface area contributed by atoms with Crippen LogP contribution in [-0.4, -0.2) is 34.6 Å². The molecule has 0 aromatic rings. The molecule has 0 radical (unpaired) electrons. The molecule has 1 aliphatic rings. The first-order valence-corrected chi connectivity index (χ1v) is 2.80. The molecule has 1 fully saturated rings. The molecule has 1 aliphatic heterocycles. The lowest BCUT2D eigenvalue weighted by Crippen LogP contribution is -2.31. The highest BCUT2D eigenvalue weighted by molar-refractivity contribution is 4.69. The number of hydrogen-bond donors (Lipinski definition) is 2. The molecule has 0 aliphatic carbocycles. The van der Waals surface area contributed by atoms with Gasteiger partial charge < -0.3 is 10.2 Å². The molecular weight excluding hydrogens is 106 g/mol. The predicted molar refractivity (Wildman–Crippen MR) is 29.0 cm³/mol. The molecule has 48 valence electrons. The topological polar surface area (TPSA) is 43.7 Å². The van der Waals surface area contributed by atoms with E-state index in [1.807, 2.05) is 0 Å². The zero-order valence-corrected chi connectivity index (χ0v) is 4.91. The minimum Gasteiger partial charge on any atom is -0.378 e. The number of likely N-dealkylation sites (tertiary alicyclic amines) is 1. The fourth-order valence-electron chi connectivity index (χ4n) is 0.904. The van der Waals surface area contributed by atoms with E-state index < -0.39 is 12.5 Å². The zero-order valence-electron chi connectivity index (χ0n) is 4.91. The standard InChI is InChI=1S/C5H11NO2/c1-6-4(7)2-3-5(6)8/h4-5,7-8H,2-3H2,1H3. The van der Waals surface area contributed by atoms with Crippen LogP contribution in [0.5, 0.6) is 0 Å². The van der Waals surface area contributed by atoms with Crippen molar-refractivity contribution in [2.75, 3.05) is 7.05 Å². The van der Waals surface area contributed by atoms with Gasteiger partial charge in [0, 0.05) is 0 Å². The first-order valence-electron chi connectivity index (χ1n) is 2.80. The van der Waals surface area contributed by atoms with Crippen LogP contribution in [-0.2, 0) is 0 Å². The highest BCUT2D eigenvalue weighted by atomic mass is 16.3. The molecular formula is C5H11NO2. The van der Waals surface area contributed by atoms with E-state index in [0.29, 0.717) is 12.8 Å². The maximum absolute atomic E-state index is 8.93. The number of hydrogen-bond acceptors (Lipinski definition) is 3. The molecule has 2 unspecified atom stereocenters. The average Bonchev–Trinajstić information content (AvgIpc) is 1.98. The summed E-state index contributed by atoms with van der Waals surface area (Å²) in [5.74, 6) is 0. The van der Waals surface area contributed by atoms with E-state index in [1.165, 1.54) is 0 Å². The summed E-state index contributed by atoms with van der Waals surface area (Å²) < 4.78 is 0. The molecule has 1 saturated heterocycles. The second kappa shape index (κ2) is 2.01. The minimum atomic E-state index is -0.426. The maximum atomic E-state index is 8.93. The summed E-state index contributed by atoms with van der Waals surface area (Å²) in [4.78, 5) is 1.56. The minimum absolute atomic E-state index is 0.426. The van der Waals surface area contributed by atoms with E-state index in [2.05, 4.69) is 0 Å². The molecule has 1 heterocycles. The Kier molecular flexibility index (Phi) is 1.51. The first kappa shape index (κ1) is 6.01. The second-order valence-corrected chi connectivity index (χ2v) is 2.20. The van der Waals surface area contributed by atoms with E-state index >= 15 is 0 Å². The average molecular weight is 117 g/mol. The first-order chi connectivity index (χ1) is 3.72. The van der Waals surface area contributed by atoms with Crippen LogP contribution in [0.2, 0.25) is 0 Å². The summed E-state index contributed by atoms with van der Waals surface area (Å²) in [7, 11) is 1.71. The Morgan fingerprint density at radius 2 is 1.62 bits per heavy atom. The van der Waals surface area contributed by atoms with Crippen molar-refractivity contribution in [3.05, 3.63) is 0 Å². The fourth-order valence-corrected chi connectivity index (χ4v) is 0.904. The molecule has 3 heteroatoms. The SMILES string of the molecule is CN1C(O)CCC1O. The lowest BCUT2D eigenvalue weighted by Gasteiger charge is -2.16. The quantitative estimate of drug-likeness (QED) is 0.443. The lowest BCUT2D eigenvalue weighted by molar-refractivity contribution is -0.0340. The maximum Gasteiger partial charge on any atom is 0.109 e. The van der Waals surface area contributed by atoms with Crippen LogP contribution in [0.1, 0.15) is 12.8 Å². The Labute approximate surface area is 48.5 Å². The van der Waals surface area contributed by atoms with Crippen LogP contribution in [0, 0.1) is 0 Å². The van der Waals surface area contributed by atoms with Crippen molar-refractivity contribution in [2.45, 2.75) is 25.3 Å². The van der Waals surface area contributed by atoms with Gasteiger partial charge in [0.1, 0.15) is 12.5 Å². The molecule has 2 atom stereocenters. The van der Waals surface area contributed by atoms with Gasteiger partial charge in [0.25, 0.3) is 0 Å². The van der Waals surface area contributed by atoms with Gasteiger partial charge in [-0.3, -0.25) is 4.90 Å². The number of aliphatic hydroxyl groups excluding tert-OH is 2. The van der Waals surface area contributed by atoms with Crippen molar-refractivity contribution in [3.8, 4) is 0 Å². The van der Waals surface area contributed by atoms with Gasteiger partial charge in [0.05, 0.1) is 0 Å². The highest BCUT2D eigenvalue weighted by Crippen LogP contribution is 2.16. The normalized spacial score (nSPS) is 40.9. The molecule has 8 heavy (non-hydrogen) atoms. The summed E-state index contributed by atoms with van der Waals surface area (Å²) in [5, 5.41) is 17.9. The van der Waals surface area contributed by atoms with Crippen molar-refractivity contribution in [2.24, 2.45) is 0 Å². The molecule has 2 N–H and O–H groups in total. The number of aliphatic hydroxyl groups is 2. The van der Waals surface area contributed by atoms with Gasteiger partial charge in [-0.2, -0.15) is 0 Å². The highest BCUT2D eigenvalue weighted by Gasteiger charge is 2.25. The van der Waals surface area contributed by atoms with Crippen LogP contribution in [0.3, 0.4) is 0 Å². The smallest absolute Gasteiger partial charge is 0.109 e. The largest absolute Gasteiger partial charge is 0.378 e. The Morgan fingerprint density at radius 3 is 1.75 bits per heavy atom. The fraction of sp³-hybridized carbons (Fsp3) is 1.00. The Bertz CT molecular complexity index is 76.5. The summed E-state index contributed by atoms with van der Waals surface area (Å²) in [6, 6.07) is 0. The molecule has 1 rings (SSSR count). The Balaban J connectivity index is 2.44. The van der Waals surface area contributed by atoms with Gasteiger partial charge in [-0.15, -0.1) is 0 Å². The summed E-state index contributed by atoms with van der Waals surface area (Å²) in [6.45, 7) is 0. The number of rotatable bonds is 0. The molecule has 0 saturated carbocycles. The summed E-state index contributed by atoms with van der Waals surface area (Å²) >= 11 is 0. The third kappa shape index (κ3) is 0.844. The van der Waals surface area contributed by atoms with Crippen LogP contribution < -0.4 is 0 Å². The monoisotopic (exact) mass is 117 g/mol. The van der Waals surface area contributed by atoms with E-state index in [1.54, 1.807) is 11.9 Å². The van der Waals surface area contributed by atoms with E-state index in [9.17, 15) is 0 Å². The third-order valence-electron chi connectivity index (χ3n) is 1.62. The van der Waals surface area contributed by atoms with Gasteiger partial charge in [0.2, 0.25) is 0 Å². The molecule has 0 aromatic heterocycles. The Hall–Kier alpha value is -0.120. The Morgan fingerprint density at radius 1 is 1.25 bits per heavy atom. The van der Waals surface area contributed by atoms with Crippen molar-refractivity contribution in [1.82, 2.24) is 4.90 Å². The summed E-state index contributed by atoms with van der Waals surface area (Å²) in [5.41, 5.74) is 0. The third-order valence-corrected chi connectivity index (χ3v) is 1.62. The van der Waals surface area contributed by atoms with Crippen molar-refractivity contribution < 1.29 is 10.2 Å². The van der Waals surface area contributed by atoms with Gasteiger partial charge in [-0.25, -0.2) is 0 Å². The van der Waals surface area contributed by atoms with Crippen LogP contribution in [0.4, 0.5) is 0 Å². The van der Waals surface area contributed by atoms with E-state index in [4.69, 9.17) is 10.2 Å². The van der Waals surface area contributed by atoms with Gasteiger partial charge in [0.15, 0.2) is 0 Å². The zero-order chi connectivity index (χ0) is 6.15. The van der Waals surface area contributed by atoms with Crippen molar-refractivity contribution >= 4 is 0 Å². The molecule has 0 spiro atoms. The van der Waals surface area contributed by atoms with Gasteiger partial charge in [-0.05, 0) is 19.9 Å². The molecule has 0 bridgehead atoms. The van der Waals surface area contributed by atoms with Gasteiger partial charge >= 0.3 is 0 Å². The number of nitrogens with zero attached hydrogens (tertiary/aromatic N) is 1. The molecule has 0 amide bonds. The van der Waals surface area contributed by atoms with Crippen molar-refractivity contribution in [3.63, 3.8) is 0 Å². The van der Waals surface area contributed by atoms with Crippen molar-refractivity contribution in [1.29, 1.82) is 0 Å². The molecule has 0 aromatic carbocycles. The second-order valence-electron chi connectivity index (χ2n) is 2.20. The summed E-state index contributed by atoms with van der Waals surface area (Å²) in [6.07, 6.45) is 0.532. The predicted octanol–water partition coefficient (Wildman–Crippen LogP) is -0.651. The van der Waals surface area contributed by atoms with Crippen LogP contribution in [0.15, 0.2) is 0 Å². The van der Waals surface area contributed by atoms with Crippen LogP contribution in [0.25, 0.3) is 0 Å².